The first-order valence-electron chi connectivity index (χ1n) is 8.06. The number of amides is 1. The summed E-state index contributed by atoms with van der Waals surface area (Å²) in [5.41, 5.74) is -0.195. The minimum Gasteiger partial charge on any atom is -0.497 e. The van der Waals surface area contributed by atoms with E-state index in [1.165, 1.54) is 12.0 Å². The van der Waals surface area contributed by atoms with Crippen LogP contribution in [0, 0.1) is 17.5 Å². The number of hydrogen-bond donors (Lipinski definition) is 0. The first-order valence-corrected chi connectivity index (χ1v) is 8.06. The number of carbonyl (C=O) groups is 2. The maximum atomic E-state index is 13.9. The normalized spacial score (nSPS) is 16.6. The van der Waals surface area contributed by atoms with Crippen LogP contribution in [0.3, 0.4) is 0 Å². The highest BCUT2D eigenvalue weighted by atomic mass is 19.2. The molecule has 0 saturated carbocycles. The molecule has 7 heteroatoms. The van der Waals surface area contributed by atoms with Crippen molar-refractivity contribution in [3.8, 4) is 5.75 Å². The van der Waals surface area contributed by atoms with Crippen LogP contribution in [0.25, 0.3) is 0 Å². The minimum atomic E-state index is -1.70. The van der Waals surface area contributed by atoms with Crippen molar-refractivity contribution in [1.29, 1.82) is 0 Å². The van der Waals surface area contributed by atoms with Crippen molar-refractivity contribution < 1.29 is 27.5 Å². The number of likely N-dealkylation sites (tertiary alicyclic amines) is 1. The topological polar surface area (TPSA) is 46.6 Å². The van der Waals surface area contributed by atoms with Gasteiger partial charge in [0.05, 0.1) is 18.7 Å². The Morgan fingerprint density at radius 3 is 2.38 bits per heavy atom. The molecule has 1 fully saturated rings. The molecule has 1 aliphatic heterocycles. The van der Waals surface area contributed by atoms with E-state index < -0.39 is 35.0 Å². The van der Waals surface area contributed by atoms with Crippen molar-refractivity contribution in [2.24, 2.45) is 0 Å². The van der Waals surface area contributed by atoms with Crippen LogP contribution in [0.4, 0.5) is 13.2 Å². The van der Waals surface area contributed by atoms with Crippen molar-refractivity contribution in [2.75, 3.05) is 13.7 Å². The standard InChI is InChI=1S/C19H16F3NO3/c1-26-12-6-4-11(5-7-12)18(24)15-3-2-10-23(15)19(25)13-8-9-14(20)17(22)16(13)21/h4-9,15H,2-3,10H2,1H3. The number of nitrogens with zero attached hydrogens (tertiary/aromatic N) is 1. The predicted octanol–water partition coefficient (Wildman–Crippen LogP) is 3.60. The summed E-state index contributed by atoms with van der Waals surface area (Å²) in [7, 11) is 1.50. The Labute approximate surface area is 148 Å². The Hall–Kier alpha value is -2.83. The van der Waals surface area contributed by atoms with Crippen molar-refractivity contribution in [1.82, 2.24) is 4.90 Å². The molecule has 26 heavy (non-hydrogen) atoms. The van der Waals surface area contributed by atoms with Gasteiger partial charge in [-0.15, -0.1) is 0 Å². The number of Topliss-reactive ketones (excluding diaryl/α,β-unsaturated/α-hetero) is 1. The number of carbonyl (C=O) groups excluding carboxylic acids is 2. The highest BCUT2D eigenvalue weighted by Gasteiger charge is 2.36. The summed E-state index contributed by atoms with van der Waals surface area (Å²) in [6, 6.07) is 7.24. The Kier molecular flexibility index (Phi) is 4.97. The molecular formula is C19H16F3NO3. The van der Waals surface area contributed by atoms with Gasteiger partial charge in [-0.1, -0.05) is 0 Å². The number of hydrogen-bond acceptors (Lipinski definition) is 3. The number of methoxy groups -OCH3 is 1. The molecule has 2 aromatic rings. The van der Waals surface area contributed by atoms with Gasteiger partial charge in [0.2, 0.25) is 0 Å². The largest absolute Gasteiger partial charge is 0.497 e. The molecule has 1 heterocycles. The highest BCUT2D eigenvalue weighted by molar-refractivity contribution is 6.04. The average Bonchev–Trinajstić information content (AvgIpc) is 3.15. The lowest BCUT2D eigenvalue weighted by atomic mass is 10.0. The highest BCUT2D eigenvalue weighted by Crippen LogP contribution is 2.26. The van der Waals surface area contributed by atoms with Gasteiger partial charge in [0, 0.05) is 12.1 Å². The van der Waals surface area contributed by atoms with Crippen LogP contribution in [0.5, 0.6) is 5.75 Å². The third kappa shape index (κ3) is 3.16. The molecule has 0 aliphatic carbocycles. The zero-order chi connectivity index (χ0) is 18.8. The van der Waals surface area contributed by atoms with Crippen LogP contribution in [0.2, 0.25) is 0 Å². The number of rotatable bonds is 4. The lowest BCUT2D eigenvalue weighted by Crippen LogP contribution is -2.41. The predicted molar refractivity (Wildman–Crippen MR) is 87.7 cm³/mol. The molecule has 0 radical (unpaired) electrons. The summed E-state index contributed by atoms with van der Waals surface area (Å²) in [6.07, 6.45) is 0.978. The van der Waals surface area contributed by atoms with E-state index in [-0.39, 0.29) is 12.3 Å². The first kappa shape index (κ1) is 18.0. The second-order valence-electron chi connectivity index (χ2n) is 5.97. The van der Waals surface area contributed by atoms with Gasteiger partial charge >= 0.3 is 0 Å². The Balaban J connectivity index is 1.86. The van der Waals surface area contributed by atoms with Crippen LogP contribution in [0.15, 0.2) is 36.4 Å². The van der Waals surface area contributed by atoms with Crippen LogP contribution in [0.1, 0.15) is 33.6 Å². The molecule has 1 aliphatic rings. The van der Waals surface area contributed by atoms with Crippen molar-refractivity contribution in [3.05, 3.63) is 65.0 Å². The molecule has 2 aromatic carbocycles. The van der Waals surface area contributed by atoms with Crippen molar-refractivity contribution in [3.63, 3.8) is 0 Å². The second kappa shape index (κ2) is 7.19. The van der Waals surface area contributed by atoms with E-state index in [1.807, 2.05) is 0 Å². The Morgan fingerprint density at radius 2 is 1.73 bits per heavy atom. The Bertz CT molecular complexity index is 852. The van der Waals surface area contributed by atoms with E-state index in [0.29, 0.717) is 30.2 Å². The number of halogens is 3. The zero-order valence-electron chi connectivity index (χ0n) is 14.0. The van der Waals surface area contributed by atoms with Gasteiger partial charge in [0.15, 0.2) is 23.2 Å². The maximum Gasteiger partial charge on any atom is 0.257 e. The average molecular weight is 363 g/mol. The molecule has 4 nitrogen and oxygen atoms in total. The first-order chi connectivity index (χ1) is 12.4. The van der Waals surface area contributed by atoms with Crippen molar-refractivity contribution >= 4 is 11.7 Å². The summed E-state index contributed by atoms with van der Waals surface area (Å²) in [6.45, 7) is 0.240. The molecule has 1 atom stereocenters. The molecule has 1 unspecified atom stereocenters. The third-order valence-electron chi connectivity index (χ3n) is 4.46. The molecule has 0 N–H and O–H groups in total. The fraction of sp³-hybridized carbons (Fsp3) is 0.263. The van der Waals surface area contributed by atoms with E-state index in [0.717, 1.165) is 6.07 Å². The minimum absolute atomic E-state index is 0.240. The van der Waals surface area contributed by atoms with E-state index in [1.54, 1.807) is 24.3 Å². The van der Waals surface area contributed by atoms with Gasteiger partial charge in [0.1, 0.15) is 5.75 Å². The zero-order valence-corrected chi connectivity index (χ0v) is 14.0. The Morgan fingerprint density at radius 1 is 1.04 bits per heavy atom. The van der Waals surface area contributed by atoms with Crippen LogP contribution < -0.4 is 4.74 Å². The second-order valence-corrected chi connectivity index (χ2v) is 5.97. The molecule has 0 bridgehead atoms. The van der Waals surface area contributed by atoms with Gasteiger partial charge in [-0.2, -0.15) is 0 Å². The van der Waals surface area contributed by atoms with E-state index in [4.69, 9.17) is 4.74 Å². The van der Waals surface area contributed by atoms with Gasteiger partial charge < -0.3 is 9.64 Å². The smallest absolute Gasteiger partial charge is 0.257 e. The van der Waals surface area contributed by atoms with E-state index >= 15 is 0 Å². The van der Waals surface area contributed by atoms with Crippen molar-refractivity contribution in [2.45, 2.75) is 18.9 Å². The number of ketones is 1. The maximum absolute atomic E-state index is 13.9. The summed E-state index contributed by atoms with van der Waals surface area (Å²) in [5, 5.41) is 0. The molecule has 0 spiro atoms. The summed E-state index contributed by atoms with van der Waals surface area (Å²) in [5.74, 6) is -5.14. The molecule has 1 amide bonds. The van der Waals surface area contributed by atoms with Gasteiger partial charge in [0.25, 0.3) is 5.91 Å². The number of ether oxygens (including phenoxy) is 1. The summed E-state index contributed by atoms with van der Waals surface area (Å²) >= 11 is 0. The lowest BCUT2D eigenvalue weighted by molar-refractivity contribution is 0.0667. The third-order valence-corrected chi connectivity index (χ3v) is 4.46. The summed E-state index contributed by atoms with van der Waals surface area (Å²) < 4.78 is 45.5. The van der Waals surface area contributed by atoms with Crippen LogP contribution in [-0.4, -0.2) is 36.3 Å². The van der Waals surface area contributed by atoms with Crippen LogP contribution >= 0.6 is 0 Å². The fourth-order valence-corrected chi connectivity index (χ4v) is 3.08. The summed E-state index contributed by atoms with van der Waals surface area (Å²) in [4.78, 5) is 26.5. The quantitative estimate of drug-likeness (QED) is 0.616. The van der Waals surface area contributed by atoms with Crippen LogP contribution in [-0.2, 0) is 0 Å². The molecule has 0 aromatic heterocycles. The van der Waals surface area contributed by atoms with E-state index in [2.05, 4.69) is 0 Å². The monoisotopic (exact) mass is 363 g/mol. The van der Waals surface area contributed by atoms with Gasteiger partial charge in [-0.25, -0.2) is 13.2 Å². The molecule has 3 rings (SSSR count). The lowest BCUT2D eigenvalue weighted by Gasteiger charge is -2.24. The molecular weight excluding hydrogens is 347 g/mol. The molecule has 1 saturated heterocycles. The molecule has 136 valence electrons. The fourth-order valence-electron chi connectivity index (χ4n) is 3.08. The van der Waals surface area contributed by atoms with E-state index in [9.17, 15) is 22.8 Å². The number of benzene rings is 2. The van der Waals surface area contributed by atoms with Gasteiger partial charge in [-0.3, -0.25) is 9.59 Å². The SMILES string of the molecule is COc1ccc(C(=O)C2CCCN2C(=O)c2ccc(F)c(F)c2F)cc1. The van der Waals surface area contributed by atoms with Gasteiger partial charge in [-0.05, 0) is 49.2 Å².